The van der Waals surface area contributed by atoms with Gasteiger partial charge in [0, 0.05) is 6.04 Å². The molecule has 2 rings (SSSR count). The van der Waals surface area contributed by atoms with Crippen molar-refractivity contribution in [3.63, 3.8) is 0 Å². The molecule has 0 radical (unpaired) electrons. The zero-order valence-corrected chi connectivity index (χ0v) is 16.1. The molecule has 0 bridgehead atoms. The zero-order chi connectivity index (χ0) is 19.4. The van der Waals surface area contributed by atoms with Crippen LogP contribution in [0.25, 0.3) is 0 Å². The molecule has 1 amide bonds. The maximum Gasteiger partial charge on any atom is 0.344 e. The summed E-state index contributed by atoms with van der Waals surface area (Å²) in [5.74, 6) is -0.649. The summed E-state index contributed by atoms with van der Waals surface area (Å²) < 4.78 is 32.8. The minimum atomic E-state index is -3.07. The molecule has 1 saturated heterocycles. The van der Waals surface area contributed by atoms with Gasteiger partial charge >= 0.3 is 5.97 Å². The Balaban J connectivity index is 1.69. The molecule has 0 unspecified atom stereocenters. The number of hydrogen-bond acceptors (Lipinski definition) is 6. The van der Waals surface area contributed by atoms with Crippen LogP contribution in [0.1, 0.15) is 32.8 Å². The Labute approximate surface area is 154 Å². The molecular weight excluding hydrogens is 358 g/mol. The van der Waals surface area contributed by atoms with Crippen LogP contribution >= 0.6 is 0 Å². The fourth-order valence-corrected chi connectivity index (χ4v) is 4.23. The summed E-state index contributed by atoms with van der Waals surface area (Å²) in [6.07, 6.45) is 0.385. The first-order valence-corrected chi connectivity index (χ1v) is 10.3. The lowest BCUT2D eigenvalue weighted by Crippen LogP contribution is -2.38. The third-order valence-corrected chi connectivity index (χ3v) is 5.81. The van der Waals surface area contributed by atoms with Crippen LogP contribution in [0.3, 0.4) is 0 Å². The largest absolute Gasteiger partial charge is 0.482 e. The minimum Gasteiger partial charge on any atom is -0.482 e. The van der Waals surface area contributed by atoms with Gasteiger partial charge in [0.1, 0.15) is 5.75 Å². The summed E-state index contributed by atoms with van der Waals surface area (Å²) in [5, 5.41) is 2.55. The molecular formula is C18H25NO6S. The van der Waals surface area contributed by atoms with E-state index in [0.29, 0.717) is 12.2 Å². The molecule has 1 aromatic rings. The molecule has 144 valence electrons. The van der Waals surface area contributed by atoms with Crippen LogP contribution in [0.2, 0.25) is 0 Å². The quantitative estimate of drug-likeness (QED) is 0.742. The van der Waals surface area contributed by atoms with Gasteiger partial charge in [0.05, 0.1) is 11.5 Å². The molecule has 0 saturated carbocycles. The van der Waals surface area contributed by atoms with Gasteiger partial charge in [0.15, 0.2) is 23.1 Å². The van der Waals surface area contributed by atoms with E-state index in [2.05, 4.69) is 26.1 Å². The van der Waals surface area contributed by atoms with E-state index in [9.17, 15) is 18.0 Å². The monoisotopic (exact) mass is 383 g/mol. The Morgan fingerprint density at radius 1 is 1.15 bits per heavy atom. The van der Waals surface area contributed by atoms with E-state index in [1.807, 2.05) is 12.1 Å². The standard InChI is InChI=1S/C18H25NO6S/c1-18(2,3)13-4-6-15(7-5-13)24-11-17(21)25-10-16(20)19-14-8-9-26(22,23)12-14/h4-7,14H,8-12H2,1-3H3,(H,19,20)/t14-/m1/s1. The lowest BCUT2D eigenvalue weighted by Gasteiger charge is -2.19. The first kappa shape index (κ1) is 20.2. The number of benzene rings is 1. The Kier molecular flexibility index (Phi) is 6.28. The van der Waals surface area contributed by atoms with Crippen molar-refractivity contribution in [2.45, 2.75) is 38.6 Å². The maximum atomic E-state index is 11.7. The van der Waals surface area contributed by atoms with Crippen LogP contribution in [0.5, 0.6) is 5.75 Å². The lowest BCUT2D eigenvalue weighted by atomic mass is 9.87. The van der Waals surface area contributed by atoms with Crippen molar-refractivity contribution < 1.29 is 27.5 Å². The normalized spacial score (nSPS) is 19.0. The van der Waals surface area contributed by atoms with Gasteiger partial charge in [-0.05, 0) is 29.5 Å². The number of sulfone groups is 1. The number of rotatable bonds is 6. The van der Waals surface area contributed by atoms with E-state index in [4.69, 9.17) is 9.47 Å². The SMILES string of the molecule is CC(C)(C)c1ccc(OCC(=O)OCC(=O)N[C@@H]2CCS(=O)(=O)C2)cc1. The Morgan fingerprint density at radius 3 is 2.35 bits per heavy atom. The summed E-state index contributed by atoms with van der Waals surface area (Å²) in [6, 6.07) is 7.01. The van der Waals surface area contributed by atoms with Crippen LogP contribution in [-0.4, -0.2) is 51.1 Å². The fourth-order valence-electron chi connectivity index (χ4n) is 2.56. The van der Waals surface area contributed by atoms with Gasteiger partial charge in [-0.1, -0.05) is 32.9 Å². The molecule has 1 aliphatic heterocycles. The second-order valence-corrected chi connectivity index (χ2v) is 9.62. The number of carbonyl (C=O) groups excluding carboxylic acids is 2. The average Bonchev–Trinajstić information content (AvgIpc) is 2.89. The molecule has 1 atom stereocenters. The molecule has 0 aromatic heterocycles. The number of esters is 1. The van der Waals surface area contributed by atoms with Gasteiger partial charge in [0.25, 0.3) is 5.91 Å². The molecule has 0 aliphatic carbocycles. The molecule has 1 aromatic carbocycles. The van der Waals surface area contributed by atoms with Gasteiger partial charge in [-0.15, -0.1) is 0 Å². The van der Waals surface area contributed by atoms with E-state index in [1.54, 1.807) is 12.1 Å². The van der Waals surface area contributed by atoms with Crippen molar-refractivity contribution in [2.75, 3.05) is 24.7 Å². The highest BCUT2D eigenvalue weighted by atomic mass is 32.2. The zero-order valence-electron chi connectivity index (χ0n) is 15.3. The van der Waals surface area contributed by atoms with Crippen molar-refractivity contribution in [1.82, 2.24) is 5.32 Å². The van der Waals surface area contributed by atoms with E-state index in [0.717, 1.165) is 5.56 Å². The third kappa shape index (κ3) is 6.33. The van der Waals surface area contributed by atoms with Gasteiger partial charge in [-0.2, -0.15) is 0 Å². The lowest BCUT2D eigenvalue weighted by molar-refractivity contribution is -0.150. The highest BCUT2D eigenvalue weighted by molar-refractivity contribution is 7.91. The van der Waals surface area contributed by atoms with Gasteiger partial charge in [-0.25, -0.2) is 13.2 Å². The highest BCUT2D eigenvalue weighted by Crippen LogP contribution is 2.24. The molecule has 8 heteroatoms. The highest BCUT2D eigenvalue weighted by Gasteiger charge is 2.29. The Morgan fingerprint density at radius 2 is 1.81 bits per heavy atom. The molecule has 1 N–H and O–H groups in total. The second kappa shape index (κ2) is 8.07. The van der Waals surface area contributed by atoms with Crippen LogP contribution in [0.15, 0.2) is 24.3 Å². The molecule has 7 nitrogen and oxygen atoms in total. The van der Waals surface area contributed by atoms with E-state index in [-0.39, 0.29) is 23.5 Å². The summed E-state index contributed by atoms with van der Waals surface area (Å²) in [7, 11) is -3.07. The van der Waals surface area contributed by atoms with Gasteiger partial charge < -0.3 is 14.8 Å². The summed E-state index contributed by atoms with van der Waals surface area (Å²) in [6.45, 7) is 5.55. The van der Waals surface area contributed by atoms with Gasteiger partial charge in [0.2, 0.25) is 0 Å². The van der Waals surface area contributed by atoms with E-state index in [1.165, 1.54) is 0 Å². The summed E-state index contributed by atoms with van der Waals surface area (Å²) >= 11 is 0. The smallest absolute Gasteiger partial charge is 0.344 e. The molecule has 1 heterocycles. The van der Waals surface area contributed by atoms with Crippen molar-refractivity contribution in [3.05, 3.63) is 29.8 Å². The molecule has 1 fully saturated rings. The molecule has 26 heavy (non-hydrogen) atoms. The first-order valence-electron chi connectivity index (χ1n) is 8.44. The van der Waals surface area contributed by atoms with Gasteiger partial charge in [-0.3, -0.25) is 4.79 Å². The van der Waals surface area contributed by atoms with Crippen molar-refractivity contribution in [1.29, 1.82) is 0 Å². The molecule has 1 aliphatic rings. The van der Waals surface area contributed by atoms with Crippen LogP contribution < -0.4 is 10.1 Å². The number of nitrogens with one attached hydrogen (secondary N) is 1. The number of hydrogen-bond donors (Lipinski definition) is 1. The predicted octanol–water partition coefficient (Wildman–Crippen LogP) is 1.21. The fraction of sp³-hybridized carbons (Fsp3) is 0.556. The summed E-state index contributed by atoms with van der Waals surface area (Å²) in [5.41, 5.74) is 1.18. The maximum absolute atomic E-state index is 11.7. The first-order chi connectivity index (χ1) is 12.0. The van der Waals surface area contributed by atoms with E-state index >= 15 is 0 Å². The van der Waals surface area contributed by atoms with Crippen LogP contribution in [0, 0.1) is 0 Å². The summed E-state index contributed by atoms with van der Waals surface area (Å²) in [4.78, 5) is 23.4. The average molecular weight is 383 g/mol. The third-order valence-electron chi connectivity index (χ3n) is 4.04. The predicted molar refractivity (Wildman–Crippen MR) is 96.8 cm³/mol. The van der Waals surface area contributed by atoms with E-state index < -0.39 is 34.4 Å². The van der Waals surface area contributed by atoms with Crippen LogP contribution in [-0.2, 0) is 29.6 Å². The number of amides is 1. The van der Waals surface area contributed by atoms with Crippen molar-refractivity contribution in [2.24, 2.45) is 0 Å². The number of carbonyl (C=O) groups is 2. The van der Waals surface area contributed by atoms with Crippen LogP contribution in [0.4, 0.5) is 0 Å². The Bertz CT molecular complexity index is 749. The Hall–Kier alpha value is -2.09. The second-order valence-electron chi connectivity index (χ2n) is 7.39. The number of ether oxygens (including phenoxy) is 2. The van der Waals surface area contributed by atoms with Crippen molar-refractivity contribution in [3.8, 4) is 5.75 Å². The minimum absolute atomic E-state index is 0.0312. The topological polar surface area (TPSA) is 98.8 Å². The van der Waals surface area contributed by atoms with Crippen molar-refractivity contribution >= 4 is 21.7 Å². The molecule has 0 spiro atoms.